The highest BCUT2D eigenvalue weighted by Crippen LogP contribution is 2.19. The average Bonchev–Trinajstić information content (AvgIpc) is 2.74. The molecule has 19 heavy (non-hydrogen) atoms. The molecule has 1 N–H and O–H groups in total. The predicted octanol–water partition coefficient (Wildman–Crippen LogP) is 0.633. The highest BCUT2D eigenvalue weighted by atomic mass is 32.2. The Hall–Kier alpha value is -1.41. The number of aliphatic carboxylic acids is 1. The van der Waals surface area contributed by atoms with E-state index in [1.54, 1.807) is 0 Å². The van der Waals surface area contributed by atoms with Crippen molar-refractivity contribution in [1.29, 1.82) is 0 Å². The van der Waals surface area contributed by atoms with E-state index in [0.717, 1.165) is 4.68 Å². The van der Waals surface area contributed by atoms with Gasteiger partial charge in [0.25, 0.3) is 0 Å². The molecule has 0 spiro atoms. The average molecular weight is 289 g/mol. The molecule has 0 aliphatic carbocycles. The second-order valence-corrected chi connectivity index (χ2v) is 6.77. The first-order valence-corrected chi connectivity index (χ1v) is 7.32. The van der Waals surface area contributed by atoms with Crippen LogP contribution in [0.15, 0.2) is 17.3 Å². The smallest absolute Gasteiger partial charge is 0.325 e. The molecule has 0 bridgehead atoms. The molecule has 0 saturated carbocycles. The van der Waals surface area contributed by atoms with Crippen molar-refractivity contribution in [3.63, 3.8) is 0 Å². The molecule has 1 aromatic rings. The summed E-state index contributed by atoms with van der Waals surface area (Å²) in [6.07, 6.45) is 2.40. The number of carbonyl (C=O) groups is 1. The molecule has 0 aliphatic heterocycles. The molecular formula is C11H19N3O4S. The lowest BCUT2D eigenvalue weighted by Crippen LogP contribution is -2.38. The van der Waals surface area contributed by atoms with Gasteiger partial charge in [-0.3, -0.25) is 9.48 Å². The zero-order chi connectivity index (χ0) is 14.8. The maximum absolute atomic E-state index is 12.3. The number of hydrogen-bond donors (Lipinski definition) is 1. The quantitative estimate of drug-likeness (QED) is 0.829. The molecule has 1 aromatic heterocycles. The summed E-state index contributed by atoms with van der Waals surface area (Å²) >= 11 is 0. The van der Waals surface area contributed by atoms with E-state index in [2.05, 4.69) is 5.10 Å². The third-order valence-electron chi connectivity index (χ3n) is 3.12. The number of sulfonamides is 1. The summed E-state index contributed by atoms with van der Waals surface area (Å²) in [5.74, 6) is -0.898. The van der Waals surface area contributed by atoms with E-state index in [0.29, 0.717) is 0 Å². The molecule has 0 aromatic carbocycles. The fourth-order valence-corrected chi connectivity index (χ4v) is 2.96. The summed E-state index contributed by atoms with van der Waals surface area (Å²) in [5.41, 5.74) is 0. The summed E-state index contributed by atoms with van der Waals surface area (Å²) in [4.78, 5) is 10.5. The first kappa shape index (κ1) is 15.6. The number of nitrogens with zero attached hydrogens (tertiary/aromatic N) is 3. The minimum absolute atomic E-state index is 0.00347. The molecule has 1 atom stereocenters. The first-order valence-electron chi connectivity index (χ1n) is 5.88. The van der Waals surface area contributed by atoms with Gasteiger partial charge < -0.3 is 5.11 Å². The second-order valence-electron chi connectivity index (χ2n) is 4.77. The Labute approximate surface area is 112 Å². The van der Waals surface area contributed by atoms with E-state index in [-0.39, 0.29) is 23.4 Å². The Bertz CT molecular complexity index is 550. The lowest BCUT2D eigenvalue weighted by molar-refractivity contribution is -0.137. The van der Waals surface area contributed by atoms with Crippen LogP contribution in [0.1, 0.15) is 20.8 Å². The van der Waals surface area contributed by atoms with Gasteiger partial charge in [-0.1, -0.05) is 13.8 Å². The van der Waals surface area contributed by atoms with Crippen molar-refractivity contribution in [3.05, 3.63) is 12.4 Å². The first-order chi connectivity index (χ1) is 8.66. The molecule has 108 valence electrons. The minimum atomic E-state index is -3.64. The summed E-state index contributed by atoms with van der Waals surface area (Å²) < 4.78 is 27.0. The van der Waals surface area contributed by atoms with E-state index < -0.39 is 16.0 Å². The highest BCUT2D eigenvalue weighted by Gasteiger charge is 2.28. The Morgan fingerprint density at radius 2 is 2.05 bits per heavy atom. The van der Waals surface area contributed by atoms with Crippen molar-refractivity contribution in [3.8, 4) is 0 Å². The number of carboxylic acids is 1. The third kappa shape index (κ3) is 3.54. The van der Waals surface area contributed by atoms with Crippen LogP contribution in [-0.4, -0.2) is 46.7 Å². The van der Waals surface area contributed by atoms with Crippen LogP contribution in [0.3, 0.4) is 0 Å². The minimum Gasteiger partial charge on any atom is -0.480 e. The number of rotatable bonds is 6. The molecule has 0 radical (unpaired) electrons. The molecule has 0 fully saturated rings. The Morgan fingerprint density at radius 1 is 1.47 bits per heavy atom. The van der Waals surface area contributed by atoms with Crippen LogP contribution in [-0.2, 0) is 21.4 Å². The van der Waals surface area contributed by atoms with Crippen molar-refractivity contribution in [2.45, 2.75) is 38.3 Å². The van der Waals surface area contributed by atoms with Gasteiger partial charge in [-0.05, 0) is 12.8 Å². The van der Waals surface area contributed by atoms with Gasteiger partial charge in [0.1, 0.15) is 11.4 Å². The van der Waals surface area contributed by atoms with Crippen molar-refractivity contribution in [2.24, 2.45) is 5.92 Å². The van der Waals surface area contributed by atoms with Gasteiger partial charge in [-0.15, -0.1) is 0 Å². The maximum Gasteiger partial charge on any atom is 0.325 e. The standard InChI is InChI=1S/C11H19N3O4S/c1-8(2)9(3)13(4)19(17,18)10-5-12-14(6-10)7-11(15)16/h5-6,8-9H,7H2,1-4H3,(H,15,16). The molecule has 0 aliphatic rings. The van der Waals surface area contributed by atoms with Crippen LogP contribution >= 0.6 is 0 Å². The number of carboxylic acid groups (broad SMARTS) is 1. The fraction of sp³-hybridized carbons (Fsp3) is 0.636. The monoisotopic (exact) mass is 289 g/mol. The molecule has 7 nitrogen and oxygen atoms in total. The maximum atomic E-state index is 12.3. The van der Waals surface area contributed by atoms with E-state index in [1.807, 2.05) is 20.8 Å². The van der Waals surface area contributed by atoms with Gasteiger partial charge >= 0.3 is 5.97 Å². The van der Waals surface area contributed by atoms with Crippen LogP contribution in [0, 0.1) is 5.92 Å². The summed E-state index contributed by atoms with van der Waals surface area (Å²) in [7, 11) is -2.13. The molecule has 1 unspecified atom stereocenters. The zero-order valence-corrected chi connectivity index (χ0v) is 12.3. The van der Waals surface area contributed by atoms with E-state index in [4.69, 9.17) is 5.11 Å². The summed E-state index contributed by atoms with van der Waals surface area (Å²) in [5, 5.41) is 12.4. The lowest BCUT2D eigenvalue weighted by atomic mass is 10.1. The van der Waals surface area contributed by atoms with Gasteiger partial charge in [-0.2, -0.15) is 9.40 Å². The topological polar surface area (TPSA) is 92.5 Å². The summed E-state index contributed by atoms with van der Waals surface area (Å²) in [6.45, 7) is 5.33. The largest absolute Gasteiger partial charge is 0.480 e. The van der Waals surface area contributed by atoms with Crippen LogP contribution in [0.2, 0.25) is 0 Å². The Kier molecular flexibility index (Phi) is 4.70. The fourth-order valence-electron chi connectivity index (χ4n) is 1.51. The Morgan fingerprint density at radius 3 is 2.53 bits per heavy atom. The van der Waals surface area contributed by atoms with E-state index >= 15 is 0 Å². The van der Waals surface area contributed by atoms with E-state index in [1.165, 1.54) is 23.7 Å². The molecule has 0 amide bonds. The normalized spacial score (nSPS) is 14.0. The van der Waals surface area contributed by atoms with Crippen molar-refractivity contribution in [1.82, 2.24) is 14.1 Å². The highest BCUT2D eigenvalue weighted by molar-refractivity contribution is 7.89. The van der Waals surface area contributed by atoms with Gasteiger partial charge in [0.15, 0.2) is 0 Å². The van der Waals surface area contributed by atoms with Crippen LogP contribution in [0.5, 0.6) is 0 Å². The molecule has 1 rings (SSSR count). The Balaban J connectivity index is 3.00. The van der Waals surface area contributed by atoms with Crippen LogP contribution in [0.25, 0.3) is 0 Å². The van der Waals surface area contributed by atoms with Crippen LogP contribution in [0.4, 0.5) is 0 Å². The van der Waals surface area contributed by atoms with Gasteiger partial charge in [-0.25, -0.2) is 8.42 Å². The van der Waals surface area contributed by atoms with Gasteiger partial charge in [0.2, 0.25) is 10.0 Å². The van der Waals surface area contributed by atoms with Crippen molar-refractivity contribution in [2.75, 3.05) is 7.05 Å². The molecule has 8 heteroatoms. The molecule has 1 heterocycles. The van der Waals surface area contributed by atoms with Crippen molar-refractivity contribution >= 4 is 16.0 Å². The summed E-state index contributed by atoms with van der Waals surface area (Å²) in [6, 6.07) is -0.159. The third-order valence-corrected chi connectivity index (χ3v) is 5.02. The molecule has 0 saturated heterocycles. The van der Waals surface area contributed by atoms with Crippen LogP contribution < -0.4 is 0 Å². The number of aromatic nitrogens is 2. The van der Waals surface area contributed by atoms with Gasteiger partial charge in [0.05, 0.1) is 6.20 Å². The SMILES string of the molecule is CC(C)C(C)N(C)S(=O)(=O)c1cnn(CC(=O)O)c1. The van der Waals surface area contributed by atoms with Gasteiger partial charge in [0, 0.05) is 19.3 Å². The zero-order valence-electron chi connectivity index (χ0n) is 11.4. The number of hydrogen-bond acceptors (Lipinski definition) is 4. The van der Waals surface area contributed by atoms with E-state index in [9.17, 15) is 13.2 Å². The second kappa shape index (κ2) is 5.70. The van der Waals surface area contributed by atoms with Crippen molar-refractivity contribution < 1.29 is 18.3 Å². The molecular weight excluding hydrogens is 270 g/mol. The predicted molar refractivity (Wildman–Crippen MR) is 69.1 cm³/mol. The lowest BCUT2D eigenvalue weighted by Gasteiger charge is -2.26.